The minimum absolute atomic E-state index is 0.799. The number of aliphatic hydroxyl groups excluding tert-OH is 2. The monoisotopic (exact) mass is 359 g/mol. The fraction of sp³-hybridized carbons (Fsp3) is 0.750. The van der Waals surface area contributed by atoms with Crippen LogP contribution in [0.3, 0.4) is 0 Å². The van der Waals surface area contributed by atoms with Crippen LogP contribution in [0.5, 0.6) is 0 Å². The van der Waals surface area contributed by atoms with Crippen LogP contribution in [0, 0.1) is 0 Å². The number of carbonyl (C=O) groups excluding carboxylic acids is 3. The lowest BCUT2D eigenvalue weighted by atomic mass is 9.96. The largest absolute Gasteiger partial charge is 0.471 e. The first-order valence-corrected chi connectivity index (χ1v) is 6.64. The molecule has 0 spiro atoms. The summed E-state index contributed by atoms with van der Waals surface area (Å²) in [6.45, 7) is 1.09. The van der Waals surface area contributed by atoms with Gasteiger partial charge in [-0.15, -0.1) is 0 Å². The number of ether oxygens (including phenoxy) is 3. The van der Waals surface area contributed by atoms with E-state index in [9.17, 15) is 37.8 Å². The number of halogens is 3. The van der Waals surface area contributed by atoms with Gasteiger partial charge in [-0.1, -0.05) is 0 Å². The second-order valence-electron chi connectivity index (χ2n) is 4.89. The van der Waals surface area contributed by atoms with E-state index in [0.29, 0.717) is 0 Å². The summed E-state index contributed by atoms with van der Waals surface area (Å²) in [6.07, 6.45) is -12.0. The highest BCUT2D eigenvalue weighted by Crippen LogP contribution is 2.26. The number of nitrogens with one attached hydrogen (secondary N) is 1. The summed E-state index contributed by atoms with van der Waals surface area (Å²) in [5.74, 6) is -4.30. The molecule has 5 atom stereocenters. The minimum atomic E-state index is -5.27. The fourth-order valence-electron chi connectivity index (χ4n) is 2.12. The molecule has 5 unspecified atom stereocenters. The zero-order valence-electron chi connectivity index (χ0n) is 12.6. The SMILES string of the molecule is CC(=O)OC1C(CO)OC(O)C(NC(=O)C(F)(F)F)C1OC(C)=O. The van der Waals surface area contributed by atoms with Crippen LogP contribution in [0.25, 0.3) is 0 Å². The summed E-state index contributed by atoms with van der Waals surface area (Å²) in [7, 11) is 0. The topological polar surface area (TPSA) is 131 Å². The highest BCUT2D eigenvalue weighted by Gasteiger charge is 2.52. The maximum atomic E-state index is 12.4. The smallest absolute Gasteiger partial charge is 0.456 e. The summed E-state index contributed by atoms with van der Waals surface area (Å²) in [5.41, 5.74) is 0. The molecule has 1 aliphatic heterocycles. The lowest BCUT2D eigenvalue weighted by molar-refractivity contribution is -0.265. The van der Waals surface area contributed by atoms with E-state index < -0.39 is 61.3 Å². The van der Waals surface area contributed by atoms with Gasteiger partial charge < -0.3 is 29.7 Å². The van der Waals surface area contributed by atoms with Crippen LogP contribution in [0.15, 0.2) is 0 Å². The highest BCUT2D eigenvalue weighted by atomic mass is 19.4. The Hall–Kier alpha value is -1.92. The molecule has 0 aromatic rings. The van der Waals surface area contributed by atoms with Crippen molar-refractivity contribution in [3.63, 3.8) is 0 Å². The van der Waals surface area contributed by atoms with Gasteiger partial charge in [0.25, 0.3) is 0 Å². The molecule has 0 aromatic carbocycles. The van der Waals surface area contributed by atoms with Crippen molar-refractivity contribution in [2.24, 2.45) is 0 Å². The molecule has 1 saturated heterocycles. The van der Waals surface area contributed by atoms with Gasteiger partial charge in [-0.2, -0.15) is 13.2 Å². The Kier molecular flexibility index (Phi) is 6.51. The molecule has 9 nitrogen and oxygen atoms in total. The number of rotatable bonds is 4. The quantitative estimate of drug-likeness (QED) is 0.523. The fourth-order valence-corrected chi connectivity index (χ4v) is 2.12. The Bertz CT molecular complexity index is 497. The number of aliphatic hydroxyl groups is 2. The number of hydrogen-bond donors (Lipinski definition) is 3. The molecule has 0 aliphatic carbocycles. The van der Waals surface area contributed by atoms with Gasteiger partial charge in [-0.25, -0.2) is 0 Å². The lowest BCUT2D eigenvalue weighted by Crippen LogP contribution is -2.67. The summed E-state index contributed by atoms with van der Waals surface area (Å²) in [4.78, 5) is 33.4. The number of alkyl halides is 3. The van der Waals surface area contributed by atoms with Crippen LogP contribution in [0.4, 0.5) is 13.2 Å². The normalized spacial score (nSPS) is 30.4. The van der Waals surface area contributed by atoms with Crippen LogP contribution in [-0.2, 0) is 28.6 Å². The van der Waals surface area contributed by atoms with Crippen molar-refractivity contribution in [2.75, 3.05) is 6.61 Å². The number of esters is 2. The molecule has 12 heteroatoms. The lowest BCUT2D eigenvalue weighted by Gasteiger charge is -2.43. The van der Waals surface area contributed by atoms with Gasteiger partial charge >= 0.3 is 24.0 Å². The second-order valence-corrected chi connectivity index (χ2v) is 4.89. The van der Waals surface area contributed by atoms with Crippen molar-refractivity contribution in [1.82, 2.24) is 5.32 Å². The first-order valence-electron chi connectivity index (χ1n) is 6.64. The van der Waals surface area contributed by atoms with Crippen molar-refractivity contribution in [1.29, 1.82) is 0 Å². The van der Waals surface area contributed by atoms with Crippen molar-refractivity contribution < 1.29 is 52.0 Å². The van der Waals surface area contributed by atoms with Gasteiger partial charge in [0.2, 0.25) is 0 Å². The molecule has 0 saturated carbocycles. The first-order chi connectivity index (χ1) is 11.0. The van der Waals surface area contributed by atoms with E-state index in [2.05, 4.69) is 0 Å². The van der Waals surface area contributed by atoms with E-state index in [-0.39, 0.29) is 0 Å². The molecule has 24 heavy (non-hydrogen) atoms. The van der Waals surface area contributed by atoms with Crippen LogP contribution >= 0.6 is 0 Å². The number of amides is 1. The molecule has 0 bridgehead atoms. The van der Waals surface area contributed by atoms with Gasteiger partial charge in [0.1, 0.15) is 12.1 Å². The Morgan fingerprint density at radius 2 is 1.62 bits per heavy atom. The molecule has 0 aromatic heterocycles. The molecular weight excluding hydrogens is 343 g/mol. The van der Waals surface area contributed by atoms with Crippen molar-refractivity contribution in [3.05, 3.63) is 0 Å². The maximum absolute atomic E-state index is 12.4. The molecule has 0 radical (unpaired) electrons. The Morgan fingerprint density at radius 1 is 1.12 bits per heavy atom. The van der Waals surface area contributed by atoms with Crippen LogP contribution in [0.2, 0.25) is 0 Å². The Morgan fingerprint density at radius 3 is 2.04 bits per heavy atom. The summed E-state index contributed by atoms with van der Waals surface area (Å²) in [6, 6.07) is -1.88. The van der Waals surface area contributed by atoms with Crippen molar-refractivity contribution >= 4 is 17.8 Å². The standard InChI is InChI=1S/C12H16F3NO8/c1-4(18)22-8-6(3-17)24-10(20)7(9(8)23-5(2)19)16-11(21)12(13,14)15/h6-10,17,20H,3H2,1-2H3,(H,16,21). The highest BCUT2D eigenvalue weighted by molar-refractivity contribution is 5.82. The van der Waals surface area contributed by atoms with Gasteiger partial charge in [0, 0.05) is 13.8 Å². The average molecular weight is 359 g/mol. The van der Waals surface area contributed by atoms with E-state index in [4.69, 9.17) is 14.2 Å². The van der Waals surface area contributed by atoms with Crippen LogP contribution in [0.1, 0.15) is 13.8 Å². The Balaban J connectivity index is 3.14. The molecular formula is C12H16F3NO8. The van der Waals surface area contributed by atoms with E-state index in [1.54, 1.807) is 0 Å². The van der Waals surface area contributed by atoms with Gasteiger partial charge in [-0.05, 0) is 0 Å². The molecule has 1 fully saturated rings. The zero-order valence-corrected chi connectivity index (χ0v) is 12.6. The molecule has 1 amide bonds. The van der Waals surface area contributed by atoms with E-state index in [1.807, 2.05) is 0 Å². The third-order valence-electron chi connectivity index (χ3n) is 3.00. The van der Waals surface area contributed by atoms with E-state index in [1.165, 1.54) is 5.32 Å². The van der Waals surface area contributed by atoms with Gasteiger partial charge in [0.15, 0.2) is 18.5 Å². The molecule has 1 heterocycles. The predicted molar refractivity (Wildman–Crippen MR) is 67.1 cm³/mol. The van der Waals surface area contributed by atoms with Crippen molar-refractivity contribution in [3.8, 4) is 0 Å². The second kappa shape index (κ2) is 7.77. The molecule has 1 aliphatic rings. The predicted octanol–water partition coefficient (Wildman–Crippen LogP) is -1.39. The van der Waals surface area contributed by atoms with Crippen LogP contribution < -0.4 is 5.32 Å². The van der Waals surface area contributed by atoms with Gasteiger partial charge in [0.05, 0.1) is 6.61 Å². The molecule has 1 rings (SSSR count). The third-order valence-corrected chi connectivity index (χ3v) is 3.00. The van der Waals surface area contributed by atoms with E-state index >= 15 is 0 Å². The average Bonchev–Trinajstić information content (AvgIpc) is 2.43. The Labute approximate surface area is 133 Å². The summed E-state index contributed by atoms with van der Waals surface area (Å²) < 4.78 is 51.6. The van der Waals surface area contributed by atoms with Crippen LogP contribution in [-0.4, -0.2) is 71.5 Å². The van der Waals surface area contributed by atoms with E-state index in [0.717, 1.165) is 13.8 Å². The van der Waals surface area contributed by atoms with Crippen molar-refractivity contribution in [2.45, 2.75) is 50.7 Å². The first kappa shape index (κ1) is 20.1. The zero-order chi connectivity index (χ0) is 18.7. The maximum Gasteiger partial charge on any atom is 0.471 e. The van der Waals surface area contributed by atoms with Gasteiger partial charge in [-0.3, -0.25) is 14.4 Å². The molecule has 3 N–H and O–H groups in total. The summed E-state index contributed by atoms with van der Waals surface area (Å²) >= 11 is 0. The number of hydrogen-bond acceptors (Lipinski definition) is 8. The number of carbonyl (C=O) groups is 3. The summed E-state index contributed by atoms with van der Waals surface area (Å²) in [5, 5.41) is 20.4. The minimum Gasteiger partial charge on any atom is -0.456 e. The molecule has 138 valence electrons. The third kappa shape index (κ3) is 5.04.